The number of rotatable bonds is 6. The number of hydrogen-bond acceptors (Lipinski definition) is 4. The first-order valence-corrected chi connectivity index (χ1v) is 5.80. The Hall–Kier alpha value is -0.940. The SMILES string of the molecule is CC(C)NCC(O)Cc1ncnn1C(C)C. The number of aromatic nitrogens is 3. The Balaban J connectivity index is 2.49. The third-order valence-corrected chi connectivity index (χ3v) is 2.32. The van der Waals surface area contributed by atoms with Crippen LogP contribution in [0.2, 0.25) is 0 Å². The van der Waals surface area contributed by atoms with Crippen molar-refractivity contribution in [3.05, 3.63) is 12.2 Å². The summed E-state index contributed by atoms with van der Waals surface area (Å²) in [4.78, 5) is 4.17. The number of aliphatic hydroxyl groups excluding tert-OH is 1. The standard InChI is InChI=1S/C11H22N4O/c1-8(2)12-6-10(16)5-11-13-7-14-15(11)9(3)4/h7-10,12,16H,5-6H2,1-4H3. The van der Waals surface area contributed by atoms with Gasteiger partial charge >= 0.3 is 0 Å². The molecule has 5 heteroatoms. The van der Waals surface area contributed by atoms with Crippen LogP contribution in [0.25, 0.3) is 0 Å². The molecule has 1 rings (SSSR count). The van der Waals surface area contributed by atoms with Gasteiger partial charge in [0.15, 0.2) is 0 Å². The highest BCUT2D eigenvalue weighted by atomic mass is 16.3. The molecule has 16 heavy (non-hydrogen) atoms. The van der Waals surface area contributed by atoms with E-state index in [-0.39, 0.29) is 6.04 Å². The highest BCUT2D eigenvalue weighted by Gasteiger charge is 2.12. The zero-order valence-electron chi connectivity index (χ0n) is 10.5. The maximum Gasteiger partial charge on any atom is 0.138 e. The molecule has 0 amide bonds. The van der Waals surface area contributed by atoms with Crippen LogP contribution in [0.3, 0.4) is 0 Å². The molecule has 1 atom stereocenters. The zero-order valence-corrected chi connectivity index (χ0v) is 10.5. The van der Waals surface area contributed by atoms with E-state index in [0.717, 1.165) is 5.82 Å². The van der Waals surface area contributed by atoms with Gasteiger partial charge in [0, 0.05) is 25.0 Å². The Morgan fingerprint density at radius 3 is 2.62 bits per heavy atom. The summed E-state index contributed by atoms with van der Waals surface area (Å²) in [6.45, 7) is 8.81. The van der Waals surface area contributed by atoms with Crippen molar-refractivity contribution < 1.29 is 5.11 Å². The third kappa shape index (κ3) is 3.90. The van der Waals surface area contributed by atoms with Gasteiger partial charge in [-0.2, -0.15) is 5.10 Å². The number of nitrogens with zero attached hydrogens (tertiary/aromatic N) is 3. The van der Waals surface area contributed by atoms with Gasteiger partial charge in [0.25, 0.3) is 0 Å². The molecule has 0 aliphatic rings. The normalized spacial score (nSPS) is 13.7. The molecular formula is C11H22N4O. The maximum atomic E-state index is 9.83. The van der Waals surface area contributed by atoms with E-state index in [2.05, 4.69) is 43.1 Å². The van der Waals surface area contributed by atoms with Crippen molar-refractivity contribution in [2.24, 2.45) is 0 Å². The Morgan fingerprint density at radius 2 is 2.06 bits per heavy atom. The number of aliphatic hydroxyl groups is 1. The quantitative estimate of drug-likeness (QED) is 0.751. The molecule has 0 aromatic carbocycles. The van der Waals surface area contributed by atoms with Crippen LogP contribution in [0, 0.1) is 0 Å². The lowest BCUT2D eigenvalue weighted by Crippen LogP contribution is -2.33. The Labute approximate surface area is 96.9 Å². The van der Waals surface area contributed by atoms with Crippen LogP contribution in [0.4, 0.5) is 0 Å². The molecule has 92 valence electrons. The molecule has 1 heterocycles. The predicted octanol–water partition coefficient (Wildman–Crippen LogP) is 0.760. The molecular weight excluding hydrogens is 204 g/mol. The first-order valence-electron chi connectivity index (χ1n) is 5.80. The maximum absolute atomic E-state index is 9.83. The fourth-order valence-electron chi connectivity index (χ4n) is 1.51. The first-order chi connectivity index (χ1) is 7.50. The third-order valence-electron chi connectivity index (χ3n) is 2.32. The van der Waals surface area contributed by atoms with Gasteiger partial charge in [-0.05, 0) is 13.8 Å². The van der Waals surface area contributed by atoms with E-state index in [4.69, 9.17) is 0 Å². The highest BCUT2D eigenvalue weighted by molar-refractivity contribution is 4.89. The topological polar surface area (TPSA) is 63.0 Å². The van der Waals surface area contributed by atoms with Gasteiger partial charge in [-0.15, -0.1) is 0 Å². The van der Waals surface area contributed by atoms with E-state index in [1.165, 1.54) is 6.33 Å². The van der Waals surface area contributed by atoms with Crippen molar-refractivity contribution in [1.82, 2.24) is 20.1 Å². The summed E-state index contributed by atoms with van der Waals surface area (Å²) < 4.78 is 1.85. The molecule has 0 fully saturated rings. The second kappa shape index (κ2) is 5.96. The van der Waals surface area contributed by atoms with Crippen LogP contribution in [0.1, 0.15) is 39.6 Å². The minimum absolute atomic E-state index is 0.280. The molecule has 0 aliphatic heterocycles. The van der Waals surface area contributed by atoms with Crippen molar-refractivity contribution in [3.63, 3.8) is 0 Å². The minimum atomic E-state index is -0.413. The summed E-state index contributed by atoms with van der Waals surface area (Å²) in [6.07, 6.45) is 1.67. The van der Waals surface area contributed by atoms with Gasteiger partial charge < -0.3 is 10.4 Å². The van der Waals surface area contributed by atoms with Crippen molar-refractivity contribution >= 4 is 0 Å². The average Bonchev–Trinajstić information content (AvgIpc) is 2.62. The van der Waals surface area contributed by atoms with Crippen molar-refractivity contribution in [2.45, 2.75) is 52.3 Å². The smallest absolute Gasteiger partial charge is 0.138 e. The fourth-order valence-corrected chi connectivity index (χ4v) is 1.51. The van der Waals surface area contributed by atoms with Gasteiger partial charge in [0.1, 0.15) is 12.2 Å². The first kappa shape index (κ1) is 13.1. The molecule has 0 bridgehead atoms. The summed E-state index contributed by atoms with van der Waals surface area (Å²) in [5.41, 5.74) is 0. The Bertz CT molecular complexity index is 309. The van der Waals surface area contributed by atoms with Gasteiger partial charge in [-0.25, -0.2) is 9.67 Å². The molecule has 0 saturated carbocycles. The molecule has 0 spiro atoms. The van der Waals surface area contributed by atoms with E-state index in [9.17, 15) is 5.11 Å². The van der Waals surface area contributed by atoms with E-state index in [1.807, 2.05) is 4.68 Å². The van der Waals surface area contributed by atoms with E-state index < -0.39 is 6.10 Å². The Morgan fingerprint density at radius 1 is 1.38 bits per heavy atom. The summed E-state index contributed by atoms with van der Waals surface area (Å²) in [5, 5.41) is 17.2. The fraction of sp³-hybridized carbons (Fsp3) is 0.818. The summed E-state index contributed by atoms with van der Waals surface area (Å²) in [6, 6.07) is 0.667. The molecule has 5 nitrogen and oxygen atoms in total. The van der Waals surface area contributed by atoms with Gasteiger partial charge in [-0.1, -0.05) is 13.8 Å². The van der Waals surface area contributed by atoms with Crippen LogP contribution in [0.15, 0.2) is 6.33 Å². The predicted molar refractivity (Wildman–Crippen MR) is 63.3 cm³/mol. The second-order valence-electron chi connectivity index (χ2n) is 4.64. The van der Waals surface area contributed by atoms with Gasteiger partial charge in [0.05, 0.1) is 6.10 Å². The molecule has 1 unspecified atom stereocenters. The lowest BCUT2D eigenvalue weighted by Gasteiger charge is -2.15. The Kier molecular flexibility index (Phi) is 4.89. The van der Waals surface area contributed by atoms with E-state index in [1.54, 1.807) is 0 Å². The molecule has 0 radical (unpaired) electrons. The van der Waals surface area contributed by atoms with Crippen LogP contribution in [-0.2, 0) is 6.42 Å². The molecule has 0 aliphatic carbocycles. The van der Waals surface area contributed by atoms with Gasteiger partial charge in [0.2, 0.25) is 0 Å². The molecule has 1 aromatic rings. The summed E-state index contributed by atoms with van der Waals surface area (Å²) in [7, 11) is 0. The largest absolute Gasteiger partial charge is 0.391 e. The zero-order chi connectivity index (χ0) is 12.1. The highest BCUT2D eigenvalue weighted by Crippen LogP contribution is 2.07. The monoisotopic (exact) mass is 226 g/mol. The van der Waals surface area contributed by atoms with Crippen LogP contribution in [0.5, 0.6) is 0 Å². The van der Waals surface area contributed by atoms with Gasteiger partial charge in [-0.3, -0.25) is 0 Å². The van der Waals surface area contributed by atoms with Crippen LogP contribution in [-0.4, -0.2) is 38.6 Å². The van der Waals surface area contributed by atoms with Crippen LogP contribution < -0.4 is 5.32 Å². The number of hydrogen-bond donors (Lipinski definition) is 2. The molecule has 2 N–H and O–H groups in total. The van der Waals surface area contributed by atoms with E-state index >= 15 is 0 Å². The van der Waals surface area contributed by atoms with Crippen molar-refractivity contribution in [2.75, 3.05) is 6.54 Å². The van der Waals surface area contributed by atoms with Crippen molar-refractivity contribution in [1.29, 1.82) is 0 Å². The summed E-state index contributed by atoms with van der Waals surface area (Å²) in [5.74, 6) is 0.841. The van der Waals surface area contributed by atoms with Crippen molar-refractivity contribution in [3.8, 4) is 0 Å². The van der Waals surface area contributed by atoms with Crippen LogP contribution >= 0.6 is 0 Å². The van der Waals surface area contributed by atoms with E-state index in [0.29, 0.717) is 19.0 Å². The molecule has 0 saturated heterocycles. The lowest BCUT2D eigenvalue weighted by molar-refractivity contribution is 0.164. The lowest BCUT2D eigenvalue weighted by atomic mass is 10.2. The number of nitrogens with one attached hydrogen (secondary N) is 1. The second-order valence-corrected chi connectivity index (χ2v) is 4.64. The average molecular weight is 226 g/mol. The summed E-state index contributed by atoms with van der Waals surface area (Å²) >= 11 is 0. The minimum Gasteiger partial charge on any atom is -0.391 e. The molecule has 1 aromatic heterocycles.